The zero-order valence-corrected chi connectivity index (χ0v) is 18.7. The number of nitrogens with zero attached hydrogens (tertiary/aromatic N) is 3. The predicted octanol–water partition coefficient (Wildman–Crippen LogP) is 4.74. The molecular formula is C26H23N3O5. The summed E-state index contributed by atoms with van der Waals surface area (Å²) in [5.74, 6) is -1.76. The number of aliphatic hydroxyl groups excluding tert-OH is 1. The molecule has 172 valence electrons. The van der Waals surface area contributed by atoms with E-state index in [1.165, 1.54) is 29.2 Å². The number of ketones is 1. The summed E-state index contributed by atoms with van der Waals surface area (Å²) in [6, 6.07) is 15.6. The lowest BCUT2D eigenvalue weighted by Crippen LogP contribution is -2.29. The quantitative estimate of drug-likeness (QED) is 0.188. The minimum atomic E-state index is -0.860. The van der Waals surface area contributed by atoms with Gasteiger partial charge in [-0.25, -0.2) is 0 Å². The van der Waals surface area contributed by atoms with Crippen molar-refractivity contribution in [2.75, 3.05) is 0 Å². The first kappa shape index (κ1) is 22.8. The van der Waals surface area contributed by atoms with E-state index in [9.17, 15) is 24.8 Å². The van der Waals surface area contributed by atoms with E-state index in [1.54, 1.807) is 24.5 Å². The van der Waals surface area contributed by atoms with E-state index in [-0.39, 0.29) is 23.4 Å². The fourth-order valence-corrected chi connectivity index (χ4v) is 4.06. The molecular weight excluding hydrogens is 434 g/mol. The highest BCUT2D eigenvalue weighted by Crippen LogP contribution is 2.40. The molecule has 1 unspecified atom stereocenters. The van der Waals surface area contributed by atoms with Crippen LogP contribution in [0.15, 0.2) is 78.6 Å². The number of aliphatic hydroxyl groups is 1. The number of pyridine rings is 1. The first-order chi connectivity index (χ1) is 16.3. The summed E-state index contributed by atoms with van der Waals surface area (Å²) in [4.78, 5) is 42.3. The average molecular weight is 457 g/mol. The minimum Gasteiger partial charge on any atom is -0.507 e. The second-order valence-corrected chi connectivity index (χ2v) is 8.42. The lowest BCUT2D eigenvalue weighted by molar-refractivity contribution is -0.384. The zero-order chi connectivity index (χ0) is 24.4. The Morgan fingerprint density at radius 1 is 1.12 bits per heavy atom. The van der Waals surface area contributed by atoms with Crippen LogP contribution in [0, 0.1) is 10.1 Å². The number of rotatable bonds is 6. The van der Waals surface area contributed by atoms with Gasteiger partial charge in [-0.2, -0.15) is 0 Å². The first-order valence-electron chi connectivity index (χ1n) is 10.8. The van der Waals surface area contributed by atoms with Crippen molar-refractivity contribution in [3.8, 4) is 0 Å². The molecule has 1 aliphatic rings. The molecule has 34 heavy (non-hydrogen) atoms. The zero-order valence-electron chi connectivity index (χ0n) is 18.7. The topological polar surface area (TPSA) is 114 Å². The molecule has 0 saturated carbocycles. The molecule has 0 radical (unpaired) electrons. The number of non-ortho nitro benzene ring substituents is 1. The van der Waals surface area contributed by atoms with Crippen LogP contribution in [-0.2, 0) is 16.1 Å². The first-order valence-corrected chi connectivity index (χ1v) is 10.8. The van der Waals surface area contributed by atoms with Gasteiger partial charge in [-0.05, 0) is 28.7 Å². The molecule has 1 aromatic heterocycles. The third kappa shape index (κ3) is 4.30. The molecule has 1 saturated heterocycles. The second-order valence-electron chi connectivity index (χ2n) is 8.42. The van der Waals surface area contributed by atoms with Crippen LogP contribution in [0.2, 0.25) is 0 Å². The number of likely N-dealkylation sites (tertiary alicyclic amines) is 1. The van der Waals surface area contributed by atoms with E-state index in [0.717, 1.165) is 11.1 Å². The van der Waals surface area contributed by atoms with Gasteiger partial charge in [-0.3, -0.25) is 24.7 Å². The summed E-state index contributed by atoms with van der Waals surface area (Å²) in [5, 5.41) is 22.3. The molecule has 8 nitrogen and oxygen atoms in total. The van der Waals surface area contributed by atoms with Crippen LogP contribution >= 0.6 is 0 Å². The summed E-state index contributed by atoms with van der Waals surface area (Å²) < 4.78 is 0. The van der Waals surface area contributed by atoms with Crippen molar-refractivity contribution in [1.82, 2.24) is 9.88 Å². The van der Waals surface area contributed by atoms with Crippen molar-refractivity contribution in [3.05, 3.63) is 111 Å². The van der Waals surface area contributed by atoms with Crippen LogP contribution < -0.4 is 0 Å². The number of amides is 1. The third-order valence-corrected chi connectivity index (χ3v) is 5.86. The number of aromatic nitrogens is 1. The Kier molecular flexibility index (Phi) is 6.23. The molecule has 0 aliphatic carbocycles. The molecule has 1 amide bonds. The molecule has 3 aromatic rings. The monoisotopic (exact) mass is 457 g/mol. The molecule has 0 spiro atoms. The Labute approximate surface area is 196 Å². The molecule has 0 bridgehead atoms. The van der Waals surface area contributed by atoms with Crippen molar-refractivity contribution in [3.63, 3.8) is 0 Å². The Balaban J connectivity index is 1.87. The van der Waals surface area contributed by atoms with Crippen molar-refractivity contribution >= 4 is 23.1 Å². The lowest BCUT2D eigenvalue weighted by Gasteiger charge is -2.25. The van der Waals surface area contributed by atoms with E-state index in [0.29, 0.717) is 11.5 Å². The number of benzene rings is 2. The summed E-state index contributed by atoms with van der Waals surface area (Å²) in [7, 11) is 0. The summed E-state index contributed by atoms with van der Waals surface area (Å²) in [5.41, 5.74) is 2.23. The predicted molar refractivity (Wildman–Crippen MR) is 126 cm³/mol. The number of nitro groups is 1. The van der Waals surface area contributed by atoms with E-state index >= 15 is 0 Å². The van der Waals surface area contributed by atoms with Crippen LogP contribution in [0.4, 0.5) is 5.69 Å². The maximum Gasteiger partial charge on any atom is 0.295 e. The van der Waals surface area contributed by atoms with Gasteiger partial charge in [-0.15, -0.1) is 0 Å². The highest BCUT2D eigenvalue weighted by Gasteiger charge is 2.46. The maximum absolute atomic E-state index is 13.1. The van der Waals surface area contributed by atoms with Crippen LogP contribution in [0.5, 0.6) is 0 Å². The normalized spacial score (nSPS) is 17.4. The Morgan fingerprint density at radius 3 is 2.47 bits per heavy atom. The number of carbonyl (C=O) groups excluding carboxylic acids is 2. The standard InChI is InChI=1S/C26H23N3O5/c1-16(2)18-8-10-19(11-9-18)23-22(24(30)20-6-3-7-21(13-20)29(33)34)25(31)26(32)28(23)15-17-5-4-12-27-14-17/h3-14,16,23,30H,15H2,1-2H3/b24-22-. The number of Topliss-reactive ketones (excluding diaryl/α,β-unsaturated/α-hetero) is 1. The molecule has 1 N–H and O–H groups in total. The third-order valence-electron chi connectivity index (χ3n) is 5.86. The molecule has 2 aromatic carbocycles. The van der Waals surface area contributed by atoms with Crippen molar-refractivity contribution in [1.29, 1.82) is 0 Å². The lowest BCUT2D eigenvalue weighted by atomic mass is 9.93. The Hall–Kier alpha value is -4.33. The van der Waals surface area contributed by atoms with Crippen LogP contribution in [-0.4, -0.2) is 31.6 Å². The van der Waals surface area contributed by atoms with Gasteiger partial charge in [0.2, 0.25) is 0 Å². The fraction of sp³-hybridized carbons (Fsp3) is 0.192. The van der Waals surface area contributed by atoms with Crippen LogP contribution in [0.25, 0.3) is 5.76 Å². The van der Waals surface area contributed by atoms with Crippen molar-refractivity contribution < 1.29 is 19.6 Å². The molecule has 4 rings (SSSR count). The van der Waals surface area contributed by atoms with Gasteiger partial charge in [-0.1, -0.05) is 56.3 Å². The molecule has 1 atom stereocenters. The van der Waals surface area contributed by atoms with Gasteiger partial charge in [0.05, 0.1) is 16.5 Å². The van der Waals surface area contributed by atoms with Gasteiger partial charge in [0.25, 0.3) is 17.4 Å². The average Bonchev–Trinajstić information content (AvgIpc) is 3.09. The van der Waals surface area contributed by atoms with E-state index in [1.807, 2.05) is 24.3 Å². The number of hydrogen-bond acceptors (Lipinski definition) is 6. The minimum absolute atomic E-state index is 0.0948. The maximum atomic E-state index is 13.1. The van der Waals surface area contributed by atoms with Gasteiger partial charge >= 0.3 is 0 Å². The largest absolute Gasteiger partial charge is 0.507 e. The van der Waals surface area contributed by atoms with Crippen LogP contribution in [0.1, 0.15) is 48.1 Å². The van der Waals surface area contributed by atoms with Crippen LogP contribution in [0.3, 0.4) is 0 Å². The summed E-state index contributed by atoms with van der Waals surface area (Å²) >= 11 is 0. The highest BCUT2D eigenvalue weighted by molar-refractivity contribution is 6.46. The Morgan fingerprint density at radius 2 is 1.85 bits per heavy atom. The molecule has 8 heteroatoms. The van der Waals surface area contributed by atoms with Crippen molar-refractivity contribution in [2.45, 2.75) is 32.4 Å². The van der Waals surface area contributed by atoms with E-state index in [2.05, 4.69) is 18.8 Å². The van der Waals surface area contributed by atoms with Gasteiger partial charge < -0.3 is 10.0 Å². The van der Waals surface area contributed by atoms with E-state index in [4.69, 9.17) is 0 Å². The van der Waals surface area contributed by atoms with Gasteiger partial charge in [0.1, 0.15) is 5.76 Å². The van der Waals surface area contributed by atoms with Gasteiger partial charge in [0, 0.05) is 36.6 Å². The molecule has 1 aliphatic heterocycles. The Bertz CT molecular complexity index is 1280. The summed E-state index contributed by atoms with van der Waals surface area (Å²) in [6.45, 7) is 4.23. The number of carbonyl (C=O) groups is 2. The van der Waals surface area contributed by atoms with Crippen molar-refractivity contribution in [2.24, 2.45) is 0 Å². The summed E-state index contributed by atoms with van der Waals surface area (Å²) in [6.07, 6.45) is 3.22. The smallest absolute Gasteiger partial charge is 0.295 e. The number of nitro benzene ring substituents is 1. The van der Waals surface area contributed by atoms with Gasteiger partial charge in [0.15, 0.2) is 0 Å². The second kappa shape index (κ2) is 9.27. The fourth-order valence-electron chi connectivity index (χ4n) is 4.06. The molecule has 2 heterocycles. The molecule has 1 fully saturated rings. The highest BCUT2D eigenvalue weighted by atomic mass is 16.6. The number of hydrogen-bond donors (Lipinski definition) is 1. The SMILES string of the molecule is CC(C)c1ccc(C2/C(=C(/O)c3cccc([N+](=O)[O-])c3)C(=O)C(=O)N2Cc2cccnc2)cc1. The van der Waals surface area contributed by atoms with E-state index < -0.39 is 28.4 Å².